The number of hydrogen-bond acceptors (Lipinski definition) is 5. The lowest BCUT2D eigenvalue weighted by molar-refractivity contribution is 0.415. The zero-order valence-corrected chi connectivity index (χ0v) is 13.0. The van der Waals surface area contributed by atoms with E-state index in [4.69, 9.17) is 4.74 Å². The number of fused-ring (bicyclic) bond motifs is 3. The lowest BCUT2D eigenvalue weighted by Crippen LogP contribution is -1.98. The molecule has 2 aromatic carbocycles. The van der Waals surface area contributed by atoms with Crippen molar-refractivity contribution in [1.82, 2.24) is 14.5 Å². The Hall–Kier alpha value is -3.28. The van der Waals surface area contributed by atoms with Crippen molar-refractivity contribution >= 4 is 27.6 Å². The molecule has 0 atom stereocenters. The van der Waals surface area contributed by atoms with Crippen molar-refractivity contribution in [2.45, 2.75) is 6.54 Å². The largest absolute Gasteiger partial charge is 0.497 e. The number of benzene rings is 2. The van der Waals surface area contributed by atoms with Crippen LogP contribution in [0.2, 0.25) is 0 Å². The summed E-state index contributed by atoms with van der Waals surface area (Å²) in [6.07, 6.45) is 3.58. The average Bonchev–Trinajstić information content (AvgIpc) is 3.05. The van der Waals surface area contributed by atoms with Crippen LogP contribution >= 0.6 is 0 Å². The summed E-state index contributed by atoms with van der Waals surface area (Å²) in [5.41, 5.74) is 4.24. The van der Waals surface area contributed by atoms with Gasteiger partial charge in [-0.25, -0.2) is 4.98 Å². The molecule has 0 N–H and O–H groups in total. The fourth-order valence-electron chi connectivity index (χ4n) is 2.84. The first kappa shape index (κ1) is 14.3. The molecule has 0 amide bonds. The lowest BCUT2D eigenvalue weighted by Gasteiger charge is -2.08. The predicted octanol–water partition coefficient (Wildman–Crippen LogP) is 4.04. The quantitative estimate of drug-likeness (QED) is 0.532. The lowest BCUT2D eigenvalue weighted by atomic mass is 10.1. The number of rotatable bonds is 4. The Morgan fingerprint density at radius 1 is 1.08 bits per heavy atom. The molecule has 6 heteroatoms. The molecule has 0 unspecified atom stereocenters. The van der Waals surface area contributed by atoms with Gasteiger partial charge in [0.15, 0.2) is 0 Å². The molecule has 0 aliphatic rings. The Morgan fingerprint density at radius 2 is 1.92 bits per heavy atom. The highest BCUT2D eigenvalue weighted by atomic mass is 16.5. The molecule has 0 aliphatic carbocycles. The molecule has 2 aromatic heterocycles. The van der Waals surface area contributed by atoms with E-state index in [1.807, 2.05) is 36.7 Å². The van der Waals surface area contributed by atoms with Crippen molar-refractivity contribution < 1.29 is 4.74 Å². The Labute approximate surface area is 137 Å². The Morgan fingerprint density at radius 3 is 2.67 bits per heavy atom. The second-order valence-corrected chi connectivity index (χ2v) is 5.51. The van der Waals surface area contributed by atoms with E-state index in [2.05, 4.69) is 19.7 Å². The van der Waals surface area contributed by atoms with Crippen molar-refractivity contribution in [3.05, 3.63) is 65.5 Å². The van der Waals surface area contributed by atoms with Crippen LogP contribution in [0.15, 0.2) is 60.2 Å². The molecule has 118 valence electrons. The number of nitrogens with zero attached hydrogens (tertiary/aromatic N) is 4. The maximum atomic E-state index is 10.5. The van der Waals surface area contributed by atoms with Gasteiger partial charge in [-0.3, -0.25) is 4.98 Å². The van der Waals surface area contributed by atoms with Crippen LogP contribution in [0.3, 0.4) is 0 Å². The highest BCUT2D eigenvalue weighted by Gasteiger charge is 2.10. The van der Waals surface area contributed by atoms with Crippen LogP contribution in [-0.2, 0) is 6.54 Å². The van der Waals surface area contributed by atoms with Crippen LogP contribution in [0, 0.1) is 4.91 Å². The zero-order chi connectivity index (χ0) is 16.5. The molecular formula is C18H14N4O2. The van der Waals surface area contributed by atoms with Gasteiger partial charge < -0.3 is 9.30 Å². The first-order valence-electron chi connectivity index (χ1n) is 7.48. The summed E-state index contributed by atoms with van der Waals surface area (Å²) in [5, 5.41) is 3.95. The molecular weight excluding hydrogens is 304 g/mol. The molecule has 4 rings (SSSR count). The second kappa shape index (κ2) is 5.73. The van der Waals surface area contributed by atoms with Gasteiger partial charge in [-0.1, -0.05) is 12.1 Å². The van der Waals surface area contributed by atoms with Gasteiger partial charge in [0.25, 0.3) is 0 Å². The topological polar surface area (TPSA) is 69.4 Å². The van der Waals surface area contributed by atoms with Crippen molar-refractivity contribution in [1.29, 1.82) is 0 Å². The highest BCUT2D eigenvalue weighted by Crippen LogP contribution is 2.26. The minimum absolute atomic E-state index is 0.427. The molecule has 6 nitrogen and oxygen atoms in total. The third-order valence-electron chi connectivity index (χ3n) is 4.05. The van der Waals surface area contributed by atoms with Crippen LogP contribution in [0.1, 0.15) is 5.56 Å². The van der Waals surface area contributed by atoms with E-state index < -0.39 is 0 Å². The Bertz CT molecular complexity index is 1040. The molecule has 0 aliphatic heterocycles. The summed E-state index contributed by atoms with van der Waals surface area (Å²) in [4.78, 5) is 19.4. The maximum absolute atomic E-state index is 10.5. The summed E-state index contributed by atoms with van der Waals surface area (Å²) in [5.74, 6) is 0.775. The fraction of sp³-hybridized carbons (Fsp3) is 0.111. The third kappa shape index (κ3) is 2.38. The molecule has 4 aromatic rings. The van der Waals surface area contributed by atoms with Gasteiger partial charge in [0.2, 0.25) is 0 Å². The second-order valence-electron chi connectivity index (χ2n) is 5.51. The average molecular weight is 318 g/mol. The Balaban J connectivity index is 1.82. The molecule has 24 heavy (non-hydrogen) atoms. The molecule has 0 bridgehead atoms. The van der Waals surface area contributed by atoms with E-state index in [9.17, 15) is 4.91 Å². The number of pyridine rings is 1. The maximum Gasteiger partial charge on any atom is 0.121 e. The van der Waals surface area contributed by atoms with Crippen LogP contribution in [0.5, 0.6) is 5.75 Å². The Kier molecular flexibility index (Phi) is 3.42. The van der Waals surface area contributed by atoms with Gasteiger partial charge >= 0.3 is 0 Å². The first-order chi connectivity index (χ1) is 11.8. The minimum Gasteiger partial charge on any atom is -0.497 e. The van der Waals surface area contributed by atoms with Gasteiger partial charge in [0.1, 0.15) is 17.0 Å². The smallest absolute Gasteiger partial charge is 0.121 e. The van der Waals surface area contributed by atoms with E-state index in [1.165, 1.54) is 0 Å². The molecule has 0 spiro atoms. The monoisotopic (exact) mass is 318 g/mol. The normalized spacial score (nSPS) is 11.0. The van der Waals surface area contributed by atoms with E-state index in [0.717, 1.165) is 33.2 Å². The van der Waals surface area contributed by atoms with E-state index >= 15 is 0 Å². The van der Waals surface area contributed by atoms with E-state index in [0.29, 0.717) is 12.2 Å². The summed E-state index contributed by atoms with van der Waals surface area (Å²) < 4.78 is 7.35. The van der Waals surface area contributed by atoms with Crippen molar-refractivity contribution in [2.24, 2.45) is 5.18 Å². The highest BCUT2D eigenvalue weighted by molar-refractivity contribution is 6.02. The molecule has 0 fully saturated rings. The van der Waals surface area contributed by atoms with Gasteiger partial charge in [-0.2, -0.15) is 0 Å². The zero-order valence-electron chi connectivity index (χ0n) is 13.0. The van der Waals surface area contributed by atoms with Crippen molar-refractivity contribution in [3.63, 3.8) is 0 Å². The minimum atomic E-state index is 0.427. The summed E-state index contributed by atoms with van der Waals surface area (Å²) in [6.45, 7) is 0.654. The van der Waals surface area contributed by atoms with Crippen LogP contribution < -0.4 is 4.74 Å². The van der Waals surface area contributed by atoms with Gasteiger partial charge in [-0.05, 0) is 35.0 Å². The van der Waals surface area contributed by atoms with Gasteiger partial charge in [0, 0.05) is 18.0 Å². The summed E-state index contributed by atoms with van der Waals surface area (Å²) >= 11 is 0. The first-order valence-corrected chi connectivity index (χ1v) is 7.48. The molecule has 0 saturated carbocycles. The molecule has 2 heterocycles. The van der Waals surface area contributed by atoms with Crippen LogP contribution in [-0.4, -0.2) is 21.6 Å². The molecule has 0 saturated heterocycles. The number of hydrogen-bond donors (Lipinski definition) is 0. The number of nitroso groups, excluding NO2 is 1. The van der Waals surface area contributed by atoms with Crippen molar-refractivity contribution in [3.8, 4) is 5.75 Å². The van der Waals surface area contributed by atoms with Gasteiger partial charge in [-0.15, -0.1) is 4.91 Å². The number of ether oxygens (including phenoxy) is 1. The van der Waals surface area contributed by atoms with E-state index in [1.54, 1.807) is 25.4 Å². The van der Waals surface area contributed by atoms with Gasteiger partial charge in [0.05, 0.1) is 30.7 Å². The number of methoxy groups -OCH3 is 1. The fourth-order valence-corrected chi connectivity index (χ4v) is 2.84. The molecule has 0 radical (unpaired) electrons. The number of imidazole rings is 1. The standard InChI is InChI=1S/C18H14N4O2/c1-24-14-6-7-15-16(8-14)19-9-17-18(15)22(11-20-17)10-12-2-4-13(21-23)5-3-12/h2-9,11H,10H2,1H3. The van der Waals surface area contributed by atoms with Crippen molar-refractivity contribution in [2.75, 3.05) is 7.11 Å². The van der Waals surface area contributed by atoms with Crippen LogP contribution in [0.4, 0.5) is 5.69 Å². The number of aromatic nitrogens is 3. The van der Waals surface area contributed by atoms with E-state index in [-0.39, 0.29) is 0 Å². The third-order valence-corrected chi connectivity index (χ3v) is 4.05. The van der Waals surface area contributed by atoms with Crippen LogP contribution in [0.25, 0.3) is 21.9 Å². The summed E-state index contributed by atoms with van der Waals surface area (Å²) in [7, 11) is 1.64. The predicted molar refractivity (Wildman–Crippen MR) is 92.6 cm³/mol. The SMILES string of the molecule is COc1ccc2c(c1)ncc1ncn(Cc3ccc(N=O)cc3)c12. The summed E-state index contributed by atoms with van der Waals surface area (Å²) in [6, 6.07) is 13.1.